The maximum atomic E-state index is 12.9. The van der Waals surface area contributed by atoms with Gasteiger partial charge in [-0.3, -0.25) is 14.3 Å². The van der Waals surface area contributed by atoms with Crippen molar-refractivity contribution in [3.05, 3.63) is 54.1 Å². The summed E-state index contributed by atoms with van der Waals surface area (Å²) in [6.07, 6.45) is 2.58. The van der Waals surface area contributed by atoms with Gasteiger partial charge in [0, 0.05) is 19.2 Å². The third-order valence-corrected chi connectivity index (χ3v) is 5.57. The van der Waals surface area contributed by atoms with Crippen LogP contribution in [0.15, 0.2) is 53.4 Å². The van der Waals surface area contributed by atoms with Crippen molar-refractivity contribution in [2.75, 3.05) is 25.6 Å². The first kappa shape index (κ1) is 20.3. The SMILES string of the molecule is COc1ccc(S(=O)(=O)N(C)c2cccc(/C=C/C(=O)NO)c2)cc1OC. The lowest BCUT2D eigenvalue weighted by molar-refractivity contribution is -0.124. The summed E-state index contributed by atoms with van der Waals surface area (Å²) < 4.78 is 37.3. The molecule has 144 valence electrons. The van der Waals surface area contributed by atoms with Gasteiger partial charge in [0.15, 0.2) is 11.5 Å². The normalized spacial score (nSPS) is 11.3. The van der Waals surface area contributed by atoms with Crippen LogP contribution >= 0.6 is 0 Å². The number of benzene rings is 2. The molecule has 2 rings (SSSR count). The highest BCUT2D eigenvalue weighted by Crippen LogP contribution is 2.31. The quantitative estimate of drug-likeness (QED) is 0.424. The van der Waals surface area contributed by atoms with E-state index in [9.17, 15) is 13.2 Å². The Morgan fingerprint density at radius 3 is 2.44 bits per heavy atom. The number of rotatable bonds is 7. The van der Waals surface area contributed by atoms with Crippen LogP contribution in [0.4, 0.5) is 5.69 Å². The molecule has 0 unspecified atom stereocenters. The standard InChI is InChI=1S/C18H20N2O6S/c1-20(14-6-4-5-13(11-14)7-10-18(21)19-22)27(23,24)15-8-9-16(25-2)17(12-15)26-3/h4-12,22H,1-3H3,(H,19,21)/b10-7+. The summed E-state index contributed by atoms with van der Waals surface area (Å²) in [4.78, 5) is 11.1. The largest absolute Gasteiger partial charge is 0.493 e. The number of methoxy groups -OCH3 is 2. The lowest BCUT2D eigenvalue weighted by Gasteiger charge is -2.20. The van der Waals surface area contributed by atoms with Crippen LogP contribution in [0.5, 0.6) is 11.5 Å². The van der Waals surface area contributed by atoms with Gasteiger partial charge in [0.05, 0.1) is 24.8 Å². The van der Waals surface area contributed by atoms with E-state index in [-0.39, 0.29) is 4.90 Å². The molecule has 0 aliphatic carbocycles. The van der Waals surface area contributed by atoms with E-state index in [1.54, 1.807) is 24.3 Å². The second kappa shape index (κ2) is 8.56. The first-order chi connectivity index (χ1) is 12.8. The molecule has 0 spiro atoms. The van der Waals surface area contributed by atoms with E-state index in [2.05, 4.69) is 0 Å². The summed E-state index contributed by atoms with van der Waals surface area (Å²) in [7, 11) is 0.471. The molecule has 8 nitrogen and oxygen atoms in total. The molecule has 9 heteroatoms. The molecule has 2 aromatic carbocycles. The van der Waals surface area contributed by atoms with Crippen molar-refractivity contribution in [3.8, 4) is 11.5 Å². The van der Waals surface area contributed by atoms with Crippen LogP contribution in [0.25, 0.3) is 6.08 Å². The van der Waals surface area contributed by atoms with Gasteiger partial charge < -0.3 is 9.47 Å². The number of carbonyl (C=O) groups excluding carboxylic acids is 1. The zero-order valence-corrected chi connectivity index (χ0v) is 15.9. The highest BCUT2D eigenvalue weighted by molar-refractivity contribution is 7.92. The predicted octanol–water partition coefficient (Wildman–Crippen LogP) is 2.05. The zero-order chi connectivity index (χ0) is 20.0. The molecule has 0 saturated heterocycles. The molecule has 0 aliphatic heterocycles. The van der Waals surface area contributed by atoms with Gasteiger partial charge in [-0.1, -0.05) is 12.1 Å². The van der Waals surface area contributed by atoms with E-state index in [0.29, 0.717) is 22.7 Å². The Hall–Kier alpha value is -3.04. The van der Waals surface area contributed by atoms with Crippen LogP contribution in [0.2, 0.25) is 0 Å². The lowest BCUT2D eigenvalue weighted by Crippen LogP contribution is -2.26. The number of anilines is 1. The van der Waals surface area contributed by atoms with E-state index in [4.69, 9.17) is 14.7 Å². The number of sulfonamides is 1. The first-order valence-corrected chi connectivity index (χ1v) is 9.20. The number of hydroxylamine groups is 1. The second-order valence-corrected chi connectivity index (χ2v) is 7.36. The first-order valence-electron chi connectivity index (χ1n) is 7.76. The van der Waals surface area contributed by atoms with Gasteiger partial charge in [-0.05, 0) is 35.9 Å². The molecule has 2 N–H and O–H groups in total. The lowest BCUT2D eigenvalue weighted by atomic mass is 10.2. The second-order valence-electron chi connectivity index (χ2n) is 5.39. The van der Waals surface area contributed by atoms with Crippen LogP contribution in [0.1, 0.15) is 5.56 Å². The smallest absolute Gasteiger partial charge is 0.267 e. The summed E-state index contributed by atoms with van der Waals surface area (Å²) >= 11 is 0. The van der Waals surface area contributed by atoms with Crippen molar-refractivity contribution in [1.82, 2.24) is 5.48 Å². The van der Waals surface area contributed by atoms with Gasteiger partial charge >= 0.3 is 0 Å². The Morgan fingerprint density at radius 2 is 1.81 bits per heavy atom. The number of hydrogen-bond acceptors (Lipinski definition) is 6. The fourth-order valence-corrected chi connectivity index (χ4v) is 3.51. The molecule has 1 amide bonds. The minimum Gasteiger partial charge on any atom is -0.493 e. The van der Waals surface area contributed by atoms with Gasteiger partial charge in [-0.25, -0.2) is 13.9 Å². The van der Waals surface area contributed by atoms with Gasteiger partial charge in [0.1, 0.15) is 0 Å². The van der Waals surface area contributed by atoms with Crippen LogP contribution in [0.3, 0.4) is 0 Å². The monoisotopic (exact) mass is 392 g/mol. The molecule has 0 radical (unpaired) electrons. The van der Waals surface area contributed by atoms with Crippen molar-refractivity contribution in [2.45, 2.75) is 4.90 Å². The molecule has 0 saturated carbocycles. The summed E-state index contributed by atoms with van der Waals surface area (Å²) in [6, 6.07) is 10.9. The number of nitrogens with zero attached hydrogens (tertiary/aromatic N) is 1. The Bertz CT molecular complexity index is 956. The summed E-state index contributed by atoms with van der Waals surface area (Å²) in [5.74, 6) is 0.0405. The Morgan fingerprint density at radius 1 is 1.11 bits per heavy atom. The Kier molecular flexibility index (Phi) is 6.43. The van der Waals surface area contributed by atoms with Crippen LogP contribution in [-0.4, -0.2) is 40.8 Å². The molecule has 0 heterocycles. The molecular weight excluding hydrogens is 372 g/mol. The minimum atomic E-state index is -3.85. The van der Waals surface area contributed by atoms with Crippen molar-refractivity contribution in [1.29, 1.82) is 0 Å². The van der Waals surface area contributed by atoms with Crippen molar-refractivity contribution in [3.63, 3.8) is 0 Å². The number of hydrogen-bond donors (Lipinski definition) is 2. The molecule has 0 fully saturated rings. The third-order valence-electron chi connectivity index (χ3n) is 3.78. The maximum absolute atomic E-state index is 12.9. The van der Waals surface area contributed by atoms with Crippen molar-refractivity contribution < 1.29 is 27.9 Å². The van der Waals surface area contributed by atoms with Crippen molar-refractivity contribution in [2.24, 2.45) is 0 Å². The fraction of sp³-hybridized carbons (Fsp3) is 0.167. The van der Waals surface area contributed by atoms with E-state index in [1.807, 2.05) is 0 Å². The summed E-state index contributed by atoms with van der Waals surface area (Å²) in [6.45, 7) is 0. The molecule has 0 aliphatic rings. The topological polar surface area (TPSA) is 105 Å². The number of amides is 1. The van der Waals surface area contributed by atoms with Crippen molar-refractivity contribution >= 4 is 27.7 Å². The predicted molar refractivity (Wildman–Crippen MR) is 101 cm³/mol. The highest BCUT2D eigenvalue weighted by Gasteiger charge is 2.23. The Labute approximate surface area is 157 Å². The van der Waals surface area contributed by atoms with E-state index < -0.39 is 15.9 Å². The van der Waals surface area contributed by atoms with Gasteiger partial charge in [0.25, 0.3) is 15.9 Å². The average molecular weight is 392 g/mol. The highest BCUT2D eigenvalue weighted by atomic mass is 32.2. The molecule has 0 atom stereocenters. The Balaban J connectivity index is 2.37. The minimum absolute atomic E-state index is 0.0447. The average Bonchev–Trinajstić information content (AvgIpc) is 2.70. The van der Waals surface area contributed by atoms with Gasteiger partial charge in [-0.15, -0.1) is 0 Å². The maximum Gasteiger partial charge on any atom is 0.267 e. The number of ether oxygens (including phenoxy) is 2. The van der Waals surface area contributed by atoms with Crippen LogP contribution in [0, 0.1) is 0 Å². The number of carbonyl (C=O) groups is 1. The third kappa shape index (κ3) is 4.57. The molecule has 2 aromatic rings. The summed E-state index contributed by atoms with van der Waals surface area (Å²) in [5, 5.41) is 8.51. The van der Waals surface area contributed by atoms with Gasteiger partial charge in [0.2, 0.25) is 0 Å². The summed E-state index contributed by atoms with van der Waals surface area (Å²) in [5.41, 5.74) is 2.47. The molecule has 27 heavy (non-hydrogen) atoms. The number of nitrogens with one attached hydrogen (secondary N) is 1. The molecule has 0 bridgehead atoms. The van der Waals surface area contributed by atoms with Crippen LogP contribution < -0.4 is 19.3 Å². The zero-order valence-electron chi connectivity index (χ0n) is 15.0. The molecular formula is C18H20N2O6S. The van der Waals surface area contributed by atoms with E-state index >= 15 is 0 Å². The van der Waals surface area contributed by atoms with Gasteiger partial charge in [-0.2, -0.15) is 0 Å². The molecule has 0 aromatic heterocycles. The van der Waals surface area contributed by atoms with E-state index in [1.165, 1.54) is 51.0 Å². The van der Waals surface area contributed by atoms with Crippen LogP contribution in [-0.2, 0) is 14.8 Å². The fourth-order valence-electron chi connectivity index (χ4n) is 2.31. The van der Waals surface area contributed by atoms with E-state index in [0.717, 1.165) is 10.4 Å².